The topological polar surface area (TPSA) is 101 Å². The average molecular weight is 286 g/mol. The molecular formula is C14H18N6O. The molecule has 2 rings (SSSR count). The molecule has 21 heavy (non-hydrogen) atoms. The maximum atomic E-state index is 9.37. The van der Waals surface area contributed by atoms with E-state index >= 15 is 0 Å². The number of rotatable bonds is 6. The molecule has 7 heteroatoms. The lowest BCUT2D eigenvalue weighted by Crippen LogP contribution is -2.12. The Hall–Kier alpha value is -2.49. The normalized spacial score (nSPS) is 10.4. The molecule has 0 radical (unpaired) electrons. The van der Waals surface area contributed by atoms with Gasteiger partial charge in [-0.05, 0) is 18.4 Å². The van der Waals surface area contributed by atoms with Gasteiger partial charge >= 0.3 is 0 Å². The molecule has 0 unspecified atom stereocenters. The minimum absolute atomic E-state index is 0.520. The summed E-state index contributed by atoms with van der Waals surface area (Å²) in [5.74, 6) is 1.70. The highest BCUT2D eigenvalue weighted by atomic mass is 16.5. The molecule has 0 saturated heterocycles. The fourth-order valence-electron chi connectivity index (χ4n) is 2.15. The third kappa shape index (κ3) is 3.34. The summed E-state index contributed by atoms with van der Waals surface area (Å²) in [6.45, 7) is 6.34. The van der Waals surface area contributed by atoms with Crippen LogP contribution >= 0.6 is 0 Å². The van der Waals surface area contributed by atoms with Crippen molar-refractivity contribution in [2.75, 3.05) is 11.9 Å². The molecule has 0 aliphatic carbocycles. The van der Waals surface area contributed by atoms with Crippen LogP contribution in [-0.4, -0.2) is 26.9 Å². The van der Waals surface area contributed by atoms with Gasteiger partial charge in [0.05, 0.1) is 5.69 Å². The second-order valence-corrected chi connectivity index (χ2v) is 4.57. The summed E-state index contributed by atoms with van der Waals surface area (Å²) in [5, 5.41) is 24.6. The first-order valence-electron chi connectivity index (χ1n) is 7.01. The summed E-state index contributed by atoms with van der Waals surface area (Å²) in [5.41, 5.74) is 2.43. The Bertz CT molecular complexity index is 658. The molecule has 0 saturated carbocycles. The highest BCUT2D eigenvalue weighted by Gasteiger charge is 2.14. The van der Waals surface area contributed by atoms with Crippen LogP contribution in [0.25, 0.3) is 0 Å². The van der Waals surface area contributed by atoms with E-state index in [0.717, 1.165) is 24.1 Å². The van der Waals surface area contributed by atoms with Crippen LogP contribution < -0.4 is 5.32 Å². The van der Waals surface area contributed by atoms with E-state index in [1.54, 1.807) is 6.92 Å². The van der Waals surface area contributed by atoms with Crippen molar-refractivity contribution in [1.82, 2.24) is 20.3 Å². The zero-order valence-corrected chi connectivity index (χ0v) is 12.5. The van der Waals surface area contributed by atoms with Gasteiger partial charge in [0.15, 0.2) is 11.6 Å². The standard InChI is InChI=1S/C14H18N6O/c1-4-10-11(8-15)14(19-18-12(10)5-2)16-7-6-13-17-9(3)21-20-13/h4-7H2,1-3H3,(H,16,19). The Balaban J connectivity index is 2.11. The number of hydrogen-bond acceptors (Lipinski definition) is 7. The third-order valence-electron chi connectivity index (χ3n) is 3.17. The van der Waals surface area contributed by atoms with E-state index < -0.39 is 0 Å². The predicted octanol–water partition coefficient (Wildman–Crippen LogP) is 1.82. The van der Waals surface area contributed by atoms with Crippen molar-refractivity contribution in [3.63, 3.8) is 0 Å². The van der Waals surface area contributed by atoms with Gasteiger partial charge in [-0.25, -0.2) is 0 Å². The molecule has 0 spiro atoms. The van der Waals surface area contributed by atoms with Crippen molar-refractivity contribution in [3.8, 4) is 6.07 Å². The average Bonchev–Trinajstić information content (AvgIpc) is 2.91. The molecule has 2 heterocycles. The van der Waals surface area contributed by atoms with E-state index in [4.69, 9.17) is 4.52 Å². The Morgan fingerprint density at radius 2 is 2.05 bits per heavy atom. The Kier molecular flexibility index (Phi) is 4.82. The largest absolute Gasteiger partial charge is 0.367 e. The monoisotopic (exact) mass is 286 g/mol. The van der Waals surface area contributed by atoms with Crippen LogP contribution in [0.4, 0.5) is 5.82 Å². The summed E-state index contributed by atoms with van der Waals surface area (Å²) >= 11 is 0. The molecule has 0 aromatic carbocycles. The van der Waals surface area contributed by atoms with Gasteiger partial charge in [0.2, 0.25) is 5.89 Å². The van der Waals surface area contributed by atoms with Gasteiger partial charge in [-0.3, -0.25) is 0 Å². The summed E-state index contributed by atoms with van der Waals surface area (Å²) in [6.07, 6.45) is 2.13. The Morgan fingerprint density at radius 3 is 2.62 bits per heavy atom. The molecule has 0 aliphatic rings. The minimum atomic E-state index is 0.520. The molecule has 0 aliphatic heterocycles. The summed E-state index contributed by atoms with van der Waals surface area (Å²) < 4.78 is 4.91. The number of aryl methyl sites for hydroxylation is 2. The molecular weight excluding hydrogens is 268 g/mol. The van der Waals surface area contributed by atoms with E-state index in [1.807, 2.05) is 13.8 Å². The van der Waals surface area contributed by atoms with Gasteiger partial charge in [-0.2, -0.15) is 15.3 Å². The fraction of sp³-hybridized carbons (Fsp3) is 0.500. The Labute approximate surface area is 123 Å². The van der Waals surface area contributed by atoms with Gasteiger partial charge in [-0.15, -0.1) is 5.10 Å². The molecule has 1 N–H and O–H groups in total. The summed E-state index contributed by atoms with van der Waals surface area (Å²) in [6, 6.07) is 2.23. The lowest BCUT2D eigenvalue weighted by Gasteiger charge is -2.11. The highest BCUT2D eigenvalue weighted by molar-refractivity contribution is 5.56. The van der Waals surface area contributed by atoms with Crippen LogP contribution in [0.15, 0.2) is 4.52 Å². The number of hydrogen-bond donors (Lipinski definition) is 1. The smallest absolute Gasteiger partial charge is 0.223 e. The molecule has 0 bridgehead atoms. The van der Waals surface area contributed by atoms with E-state index in [2.05, 4.69) is 31.7 Å². The SMILES string of the molecule is CCc1nnc(NCCc2noc(C)n2)c(C#N)c1CC. The highest BCUT2D eigenvalue weighted by Crippen LogP contribution is 2.19. The third-order valence-corrected chi connectivity index (χ3v) is 3.17. The number of nitrogens with one attached hydrogen (secondary N) is 1. The van der Waals surface area contributed by atoms with Gasteiger partial charge in [0, 0.05) is 19.9 Å². The molecule has 2 aromatic heterocycles. The molecule has 0 atom stereocenters. The molecule has 2 aromatic rings. The van der Waals surface area contributed by atoms with E-state index in [-0.39, 0.29) is 0 Å². The van der Waals surface area contributed by atoms with Crippen LogP contribution in [-0.2, 0) is 19.3 Å². The second-order valence-electron chi connectivity index (χ2n) is 4.57. The van der Waals surface area contributed by atoms with Crippen molar-refractivity contribution >= 4 is 5.82 Å². The van der Waals surface area contributed by atoms with Gasteiger partial charge in [-0.1, -0.05) is 19.0 Å². The first kappa shape index (κ1) is 14.9. The van der Waals surface area contributed by atoms with Gasteiger partial charge in [0.25, 0.3) is 0 Å². The number of nitrogens with zero attached hydrogens (tertiary/aromatic N) is 5. The summed E-state index contributed by atoms with van der Waals surface area (Å²) in [4.78, 5) is 4.13. The lowest BCUT2D eigenvalue weighted by molar-refractivity contribution is 0.387. The zero-order chi connectivity index (χ0) is 15.2. The van der Waals surface area contributed by atoms with Crippen molar-refractivity contribution in [3.05, 3.63) is 28.5 Å². The van der Waals surface area contributed by atoms with Gasteiger partial charge < -0.3 is 9.84 Å². The first-order valence-corrected chi connectivity index (χ1v) is 7.01. The summed E-state index contributed by atoms with van der Waals surface area (Å²) in [7, 11) is 0. The number of nitriles is 1. The van der Waals surface area contributed by atoms with Crippen molar-refractivity contribution in [1.29, 1.82) is 5.26 Å². The Morgan fingerprint density at radius 1 is 1.24 bits per heavy atom. The second kappa shape index (κ2) is 6.79. The maximum Gasteiger partial charge on any atom is 0.223 e. The maximum absolute atomic E-state index is 9.37. The molecule has 0 amide bonds. The van der Waals surface area contributed by atoms with E-state index in [1.165, 1.54) is 0 Å². The molecule has 7 nitrogen and oxygen atoms in total. The predicted molar refractivity (Wildman–Crippen MR) is 76.7 cm³/mol. The van der Waals surface area contributed by atoms with Crippen molar-refractivity contribution in [2.45, 2.75) is 40.0 Å². The fourth-order valence-corrected chi connectivity index (χ4v) is 2.15. The number of aromatic nitrogens is 4. The van der Waals surface area contributed by atoms with Crippen LogP contribution in [0.5, 0.6) is 0 Å². The van der Waals surface area contributed by atoms with Crippen molar-refractivity contribution < 1.29 is 4.52 Å². The molecule has 0 fully saturated rings. The van der Waals surface area contributed by atoms with Crippen molar-refractivity contribution in [2.24, 2.45) is 0 Å². The minimum Gasteiger partial charge on any atom is -0.367 e. The molecule has 110 valence electrons. The van der Waals surface area contributed by atoms with E-state index in [0.29, 0.717) is 36.1 Å². The van der Waals surface area contributed by atoms with E-state index in [9.17, 15) is 5.26 Å². The van der Waals surface area contributed by atoms with Crippen LogP contribution in [0.2, 0.25) is 0 Å². The van der Waals surface area contributed by atoms with Crippen LogP contribution in [0.1, 0.15) is 42.4 Å². The number of anilines is 1. The first-order chi connectivity index (χ1) is 10.2. The van der Waals surface area contributed by atoms with Crippen LogP contribution in [0, 0.1) is 18.3 Å². The zero-order valence-electron chi connectivity index (χ0n) is 12.5. The quantitative estimate of drug-likeness (QED) is 0.864. The lowest BCUT2D eigenvalue weighted by atomic mass is 10.0. The van der Waals surface area contributed by atoms with Crippen LogP contribution in [0.3, 0.4) is 0 Å². The van der Waals surface area contributed by atoms with Gasteiger partial charge in [0.1, 0.15) is 11.6 Å².